The van der Waals surface area contributed by atoms with Crippen LogP contribution in [0, 0.1) is 5.82 Å². The molecule has 150 valence electrons. The first kappa shape index (κ1) is 19.4. The van der Waals surface area contributed by atoms with Crippen molar-refractivity contribution < 1.29 is 9.18 Å². The fourth-order valence-corrected chi connectivity index (χ4v) is 4.46. The van der Waals surface area contributed by atoms with Crippen molar-refractivity contribution in [3.8, 4) is 21.8 Å². The number of carbonyl (C=O) groups is 1. The molecule has 1 amide bonds. The third kappa shape index (κ3) is 3.27. The monoisotopic (exact) mass is 411 g/mol. The predicted molar refractivity (Wildman–Crippen MR) is 114 cm³/mol. The van der Waals surface area contributed by atoms with E-state index in [9.17, 15) is 9.18 Å². The Labute approximate surface area is 173 Å². The SMILES string of the molecule is CC[C@@H]1C(=O)N(C)c2cnc(-c3cnsc3-c3ccc(F)cc3)nc2N1C(C)C. The maximum atomic E-state index is 13.3. The second-order valence-electron chi connectivity index (χ2n) is 7.30. The topological polar surface area (TPSA) is 62.2 Å². The molecule has 2 aromatic heterocycles. The Hall–Kier alpha value is -2.87. The fraction of sp³-hybridized carbons (Fsp3) is 0.333. The number of carbonyl (C=O) groups excluding carboxylic acids is 1. The van der Waals surface area contributed by atoms with Crippen LogP contribution >= 0.6 is 11.5 Å². The van der Waals surface area contributed by atoms with Crippen LogP contribution in [0.25, 0.3) is 21.8 Å². The highest BCUT2D eigenvalue weighted by atomic mass is 32.1. The van der Waals surface area contributed by atoms with E-state index in [4.69, 9.17) is 4.98 Å². The summed E-state index contributed by atoms with van der Waals surface area (Å²) in [6, 6.07) is 6.16. The summed E-state index contributed by atoms with van der Waals surface area (Å²) in [5.74, 6) is 1.06. The molecule has 4 rings (SSSR count). The summed E-state index contributed by atoms with van der Waals surface area (Å²) in [4.78, 5) is 26.8. The van der Waals surface area contributed by atoms with Crippen molar-refractivity contribution in [2.75, 3.05) is 16.8 Å². The van der Waals surface area contributed by atoms with Gasteiger partial charge in [0.2, 0.25) is 5.91 Å². The van der Waals surface area contributed by atoms with Gasteiger partial charge in [-0.3, -0.25) is 4.79 Å². The molecule has 0 aliphatic carbocycles. The molecule has 1 aliphatic rings. The molecular formula is C21H22FN5OS. The van der Waals surface area contributed by atoms with Gasteiger partial charge in [-0.2, -0.15) is 4.37 Å². The van der Waals surface area contributed by atoms with Crippen LogP contribution < -0.4 is 9.80 Å². The van der Waals surface area contributed by atoms with Crippen LogP contribution in [0.15, 0.2) is 36.7 Å². The second kappa shape index (κ2) is 7.51. The van der Waals surface area contributed by atoms with Gasteiger partial charge < -0.3 is 9.80 Å². The summed E-state index contributed by atoms with van der Waals surface area (Å²) in [6.45, 7) is 6.13. The smallest absolute Gasteiger partial charge is 0.249 e. The lowest BCUT2D eigenvalue weighted by Gasteiger charge is -2.42. The second-order valence-corrected chi connectivity index (χ2v) is 8.10. The largest absolute Gasteiger partial charge is 0.340 e. The van der Waals surface area contributed by atoms with Gasteiger partial charge in [0.1, 0.15) is 17.5 Å². The molecule has 29 heavy (non-hydrogen) atoms. The first-order chi connectivity index (χ1) is 13.9. The molecule has 0 N–H and O–H groups in total. The Morgan fingerprint density at radius 1 is 1.21 bits per heavy atom. The Morgan fingerprint density at radius 2 is 1.93 bits per heavy atom. The zero-order valence-electron chi connectivity index (χ0n) is 16.8. The lowest BCUT2D eigenvalue weighted by atomic mass is 10.1. The molecule has 0 saturated heterocycles. The summed E-state index contributed by atoms with van der Waals surface area (Å²) in [7, 11) is 1.76. The van der Waals surface area contributed by atoms with Gasteiger partial charge in [-0.05, 0) is 49.5 Å². The maximum absolute atomic E-state index is 13.3. The molecule has 8 heteroatoms. The number of halogens is 1. The van der Waals surface area contributed by atoms with Crippen molar-refractivity contribution in [1.82, 2.24) is 14.3 Å². The molecular weight excluding hydrogens is 389 g/mol. The third-order valence-electron chi connectivity index (χ3n) is 5.17. The van der Waals surface area contributed by atoms with Crippen molar-refractivity contribution in [1.29, 1.82) is 0 Å². The standard InChI is InChI=1S/C21H22FN5OS/c1-5-16-21(28)26(4)17-11-23-19(25-20(17)27(16)12(2)3)15-10-24-29-18(15)13-6-8-14(22)9-7-13/h6-12,16H,5H2,1-4H3/t16-/m1/s1. The Balaban J connectivity index is 1.84. The van der Waals surface area contributed by atoms with Gasteiger partial charge in [-0.15, -0.1) is 0 Å². The van der Waals surface area contributed by atoms with Gasteiger partial charge in [0.25, 0.3) is 0 Å². The summed E-state index contributed by atoms with van der Waals surface area (Å²) < 4.78 is 17.6. The summed E-state index contributed by atoms with van der Waals surface area (Å²) >= 11 is 1.32. The van der Waals surface area contributed by atoms with Crippen LogP contribution in [0.1, 0.15) is 27.2 Å². The Kier molecular flexibility index (Phi) is 5.04. The van der Waals surface area contributed by atoms with E-state index in [0.29, 0.717) is 17.9 Å². The first-order valence-corrected chi connectivity index (χ1v) is 10.3. The van der Waals surface area contributed by atoms with E-state index in [-0.39, 0.29) is 23.8 Å². The lowest BCUT2D eigenvalue weighted by Crippen LogP contribution is -2.54. The molecule has 0 fully saturated rings. The molecule has 0 bridgehead atoms. The average Bonchev–Trinajstić information content (AvgIpc) is 3.20. The highest BCUT2D eigenvalue weighted by Crippen LogP contribution is 2.39. The van der Waals surface area contributed by atoms with Gasteiger partial charge in [0.05, 0.1) is 22.8 Å². The van der Waals surface area contributed by atoms with Gasteiger partial charge >= 0.3 is 0 Å². The quantitative estimate of drug-likeness (QED) is 0.638. The van der Waals surface area contributed by atoms with Crippen LogP contribution in [0.2, 0.25) is 0 Å². The fourth-order valence-electron chi connectivity index (χ4n) is 3.72. The lowest BCUT2D eigenvalue weighted by molar-refractivity contribution is -0.120. The van der Waals surface area contributed by atoms with Gasteiger partial charge in [0, 0.05) is 13.1 Å². The number of fused-ring (bicyclic) bond motifs is 1. The summed E-state index contributed by atoms with van der Waals surface area (Å²) in [5.41, 5.74) is 2.36. The molecule has 1 atom stereocenters. The van der Waals surface area contributed by atoms with E-state index in [1.165, 1.54) is 23.7 Å². The number of anilines is 2. The molecule has 3 heterocycles. The molecule has 1 aromatic carbocycles. The number of hydrogen-bond acceptors (Lipinski definition) is 6. The number of rotatable bonds is 4. The minimum absolute atomic E-state index is 0.0502. The molecule has 0 radical (unpaired) electrons. The highest BCUT2D eigenvalue weighted by molar-refractivity contribution is 7.10. The minimum Gasteiger partial charge on any atom is -0.340 e. The molecule has 0 spiro atoms. The summed E-state index contributed by atoms with van der Waals surface area (Å²) in [6.07, 6.45) is 4.13. The number of hydrogen-bond donors (Lipinski definition) is 0. The molecule has 0 saturated carbocycles. The van der Waals surface area contributed by atoms with E-state index in [1.54, 1.807) is 36.5 Å². The van der Waals surface area contributed by atoms with Crippen molar-refractivity contribution in [3.63, 3.8) is 0 Å². The highest BCUT2D eigenvalue weighted by Gasteiger charge is 2.38. The summed E-state index contributed by atoms with van der Waals surface area (Å²) in [5, 5.41) is 0. The van der Waals surface area contributed by atoms with Crippen molar-refractivity contribution in [2.24, 2.45) is 0 Å². The number of likely N-dealkylation sites (N-methyl/N-ethyl adjacent to an activating group) is 1. The minimum atomic E-state index is -0.282. The number of benzene rings is 1. The van der Waals surface area contributed by atoms with E-state index in [0.717, 1.165) is 21.8 Å². The van der Waals surface area contributed by atoms with Crippen LogP contribution in [0.3, 0.4) is 0 Å². The predicted octanol–water partition coefficient (Wildman–Crippen LogP) is 4.38. The van der Waals surface area contributed by atoms with Crippen LogP contribution in [-0.4, -0.2) is 39.4 Å². The Bertz CT molecular complexity index is 1050. The van der Waals surface area contributed by atoms with Crippen LogP contribution in [0.4, 0.5) is 15.9 Å². The van der Waals surface area contributed by atoms with Crippen molar-refractivity contribution in [2.45, 2.75) is 39.3 Å². The zero-order valence-corrected chi connectivity index (χ0v) is 17.6. The zero-order chi connectivity index (χ0) is 20.7. The molecule has 1 aliphatic heterocycles. The van der Waals surface area contributed by atoms with Gasteiger partial charge in [-0.1, -0.05) is 19.1 Å². The normalized spacial score (nSPS) is 16.5. The van der Waals surface area contributed by atoms with Crippen molar-refractivity contribution >= 4 is 28.9 Å². The van der Waals surface area contributed by atoms with E-state index in [1.807, 2.05) is 6.92 Å². The Morgan fingerprint density at radius 3 is 2.59 bits per heavy atom. The first-order valence-electron chi connectivity index (χ1n) is 9.56. The van der Waals surface area contributed by atoms with Crippen molar-refractivity contribution in [3.05, 3.63) is 42.5 Å². The number of nitrogens with zero attached hydrogens (tertiary/aromatic N) is 5. The maximum Gasteiger partial charge on any atom is 0.249 e. The van der Waals surface area contributed by atoms with Gasteiger partial charge in [-0.25, -0.2) is 14.4 Å². The van der Waals surface area contributed by atoms with E-state index >= 15 is 0 Å². The van der Waals surface area contributed by atoms with Crippen LogP contribution in [0.5, 0.6) is 0 Å². The molecule has 3 aromatic rings. The molecule has 0 unspecified atom stereocenters. The van der Waals surface area contributed by atoms with E-state index < -0.39 is 0 Å². The van der Waals surface area contributed by atoms with E-state index in [2.05, 4.69) is 28.1 Å². The van der Waals surface area contributed by atoms with Crippen LogP contribution in [-0.2, 0) is 4.79 Å². The molecule has 6 nitrogen and oxygen atoms in total. The van der Waals surface area contributed by atoms with Gasteiger partial charge in [0.15, 0.2) is 11.6 Å². The third-order valence-corrected chi connectivity index (χ3v) is 6.02. The average molecular weight is 412 g/mol. The number of aromatic nitrogens is 3. The number of amides is 1.